The number of benzene rings is 2. The van der Waals surface area contributed by atoms with Gasteiger partial charge in [-0.15, -0.1) is 0 Å². The summed E-state index contributed by atoms with van der Waals surface area (Å²) >= 11 is 0. The van der Waals surface area contributed by atoms with Crippen LogP contribution in [0.5, 0.6) is 5.75 Å². The van der Waals surface area contributed by atoms with Crippen LogP contribution in [0.1, 0.15) is 16.7 Å². The summed E-state index contributed by atoms with van der Waals surface area (Å²) in [6.07, 6.45) is 0. The molecule has 0 atom stereocenters. The third kappa shape index (κ3) is 2.39. The van der Waals surface area contributed by atoms with Gasteiger partial charge in [0.2, 0.25) is 0 Å². The summed E-state index contributed by atoms with van der Waals surface area (Å²) in [5.41, 5.74) is 11.8. The molecule has 0 saturated heterocycles. The van der Waals surface area contributed by atoms with Crippen molar-refractivity contribution in [3.8, 4) is 16.9 Å². The van der Waals surface area contributed by atoms with Gasteiger partial charge >= 0.3 is 0 Å². The summed E-state index contributed by atoms with van der Waals surface area (Å²) in [5.74, 6) is 0.896. The molecule has 0 bridgehead atoms. The van der Waals surface area contributed by atoms with Crippen LogP contribution in [-0.4, -0.2) is 7.11 Å². The molecule has 0 aliphatic rings. The van der Waals surface area contributed by atoms with Gasteiger partial charge in [-0.05, 0) is 53.8 Å². The highest BCUT2D eigenvalue weighted by Crippen LogP contribution is 2.29. The Kier molecular flexibility index (Phi) is 3.68. The second-order valence-electron chi connectivity index (χ2n) is 4.53. The fourth-order valence-electron chi connectivity index (χ4n) is 2.22. The Morgan fingerprint density at radius 2 is 1.56 bits per heavy atom. The fourth-order valence-corrected chi connectivity index (χ4v) is 2.22. The second-order valence-corrected chi connectivity index (χ2v) is 4.53. The van der Waals surface area contributed by atoms with Gasteiger partial charge in [-0.2, -0.15) is 0 Å². The standard InChI is InChI=1S/C16H19NO/c1-11-8-13(10-17)4-6-15(11)16-7-5-14(18-3)9-12(16)2/h4-9H,10,17H2,1-3H3. The zero-order valence-corrected chi connectivity index (χ0v) is 11.2. The number of hydrogen-bond acceptors (Lipinski definition) is 2. The molecule has 18 heavy (non-hydrogen) atoms. The summed E-state index contributed by atoms with van der Waals surface area (Å²) < 4.78 is 5.24. The Labute approximate surface area is 108 Å². The van der Waals surface area contributed by atoms with Gasteiger partial charge in [0.1, 0.15) is 5.75 Å². The highest BCUT2D eigenvalue weighted by molar-refractivity contribution is 5.71. The molecular weight excluding hydrogens is 222 g/mol. The summed E-state index contributed by atoms with van der Waals surface area (Å²) in [6, 6.07) is 12.6. The predicted molar refractivity (Wildman–Crippen MR) is 75.8 cm³/mol. The van der Waals surface area contributed by atoms with Crippen molar-refractivity contribution in [1.29, 1.82) is 0 Å². The van der Waals surface area contributed by atoms with Crippen LogP contribution < -0.4 is 10.5 Å². The van der Waals surface area contributed by atoms with Crippen LogP contribution in [0, 0.1) is 13.8 Å². The largest absolute Gasteiger partial charge is 0.497 e. The lowest BCUT2D eigenvalue weighted by atomic mass is 9.95. The molecule has 0 saturated carbocycles. The van der Waals surface area contributed by atoms with Crippen LogP contribution in [0.15, 0.2) is 36.4 Å². The molecule has 2 rings (SSSR count). The van der Waals surface area contributed by atoms with E-state index < -0.39 is 0 Å². The highest BCUT2D eigenvalue weighted by Gasteiger charge is 2.06. The first-order chi connectivity index (χ1) is 8.65. The minimum Gasteiger partial charge on any atom is -0.497 e. The van der Waals surface area contributed by atoms with Gasteiger partial charge in [0, 0.05) is 6.54 Å². The van der Waals surface area contributed by atoms with Crippen molar-refractivity contribution in [2.75, 3.05) is 7.11 Å². The first-order valence-electron chi connectivity index (χ1n) is 6.10. The third-order valence-corrected chi connectivity index (χ3v) is 3.25. The van der Waals surface area contributed by atoms with E-state index in [9.17, 15) is 0 Å². The average Bonchev–Trinajstić information content (AvgIpc) is 2.39. The van der Waals surface area contributed by atoms with Crippen LogP contribution in [-0.2, 0) is 6.54 Å². The summed E-state index contributed by atoms with van der Waals surface area (Å²) in [7, 11) is 1.69. The Morgan fingerprint density at radius 3 is 2.06 bits per heavy atom. The molecule has 0 fully saturated rings. The van der Waals surface area contributed by atoms with Gasteiger partial charge in [0.15, 0.2) is 0 Å². The van der Waals surface area contributed by atoms with E-state index in [1.165, 1.54) is 27.8 Å². The smallest absolute Gasteiger partial charge is 0.119 e. The molecule has 0 aliphatic carbocycles. The number of methoxy groups -OCH3 is 1. The SMILES string of the molecule is COc1ccc(-c2ccc(CN)cc2C)c(C)c1. The summed E-state index contributed by atoms with van der Waals surface area (Å²) in [5, 5.41) is 0. The van der Waals surface area contributed by atoms with Crippen LogP contribution in [0.4, 0.5) is 0 Å². The Bertz CT molecular complexity index is 510. The quantitative estimate of drug-likeness (QED) is 0.893. The molecule has 2 aromatic carbocycles. The number of nitrogens with two attached hydrogens (primary N) is 1. The molecule has 0 heterocycles. The lowest BCUT2D eigenvalue weighted by molar-refractivity contribution is 0.414. The van der Waals surface area contributed by atoms with Gasteiger partial charge in [-0.3, -0.25) is 0 Å². The van der Waals surface area contributed by atoms with E-state index in [1.54, 1.807) is 7.11 Å². The number of hydrogen-bond donors (Lipinski definition) is 1. The number of aryl methyl sites for hydroxylation is 2. The van der Waals surface area contributed by atoms with E-state index in [0.29, 0.717) is 6.54 Å². The second kappa shape index (κ2) is 5.23. The van der Waals surface area contributed by atoms with Gasteiger partial charge in [-0.25, -0.2) is 0 Å². The van der Waals surface area contributed by atoms with Crippen molar-refractivity contribution in [1.82, 2.24) is 0 Å². The van der Waals surface area contributed by atoms with Crippen molar-refractivity contribution in [3.05, 3.63) is 53.1 Å². The van der Waals surface area contributed by atoms with E-state index in [2.05, 4.69) is 44.2 Å². The summed E-state index contributed by atoms with van der Waals surface area (Å²) in [6.45, 7) is 4.81. The van der Waals surface area contributed by atoms with Crippen LogP contribution in [0.2, 0.25) is 0 Å². The maximum Gasteiger partial charge on any atom is 0.119 e. The van der Waals surface area contributed by atoms with Crippen LogP contribution >= 0.6 is 0 Å². The summed E-state index contributed by atoms with van der Waals surface area (Å²) in [4.78, 5) is 0. The van der Waals surface area contributed by atoms with Gasteiger partial charge in [-0.1, -0.05) is 24.3 Å². The molecule has 2 nitrogen and oxygen atoms in total. The van der Waals surface area contributed by atoms with Gasteiger partial charge in [0.05, 0.1) is 7.11 Å². The average molecular weight is 241 g/mol. The van der Waals surface area contributed by atoms with Crippen molar-refractivity contribution in [2.24, 2.45) is 5.73 Å². The van der Waals surface area contributed by atoms with Crippen LogP contribution in [0.25, 0.3) is 11.1 Å². The zero-order valence-electron chi connectivity index (χ0n) is 11.2. The molecular formula is C16H19NO. The molecule has 2 aromatic rings. The highest BCUT2D eigenvalue weighted by atomic mass is 16.5. The molecule has 2 heteroatoms. The molecule has 0 radical (unpaired) electrons. The normalized spacial score (nSPS) is 10.4. The first-order valence-corrected chi connectivity index (χ1v) is 6.10. The van der Waals surface area contributed by atoms with E-state index in [0.717, 1.165) is 5.75 Å². The minimum absolute atomic E-state index is 0.586. The predicted octanol–water partition coefficient (Wildman–Crippen LogP) is 3.44. The molecule has 94 valence electrons. The Morgan fingerprint density at radius 1 is 0.944 bits per heavy atom. The first kappa shape index (κ1) is 12.7. The van der Waals surface area contributed by atoms with Crippen molar-refractivity contribution in [2.45, 2.75) is 20.4 Å². The zero-order chi connectivity index (χ0) is 13.1. The Balaban J connectivity index is 2.48. The van der Waals surface area contributed by atoms with Crippen molar-refractivity contribution >= 4 is 0 Å². The van der Waals surface area contributed by atoms with Gasteiger partial charge < -0.3 is 10.5 Å². The number of rotatable bonds is 3. The van der Waals surface area contributed by atoms with E-state index >= 15 is 0 Å². The monoisotopic (exact) mass is 241 g/mol. The van der Waals surface area contributed by atoms with Crippen molar-refractivity contribution < 1.29 is 4.74 Å². The molecule has 0 spiro atoms. The van der Waals surface area contributed by atoms with E-state index in [1.807, 2.05) is 6.07 Å². The lowest BCUT2D eigenvalue weighted by Crippen LogP contribution is -1.97. The van der Waals surface area contributed by atoms with E-state index in [4.69, 9.17) is 10.5 Å². The molecule has 0 aliphatic heterocycles. The minimum atomic E-state index is 0.586. The molecule has 0 unspecified atom stereocenters. The number of ether oxygens (including phenoxy) is 1. The molecule has 2 N–H and O–H groups in total. The van der Waals surface area contributed by atoms with E-state index in [-0.39, 0.29) is 0 Å². The maximum absolute atomic E-state index is 5.66. The molecule has 0 amide bonds. The topological polar surface area (TPSA) is 35.2 Å². The van der Waals surface area contributed by atoms with Crippen LogP contribution in [0.3, 0.4) is 0 Å². The maximum atomic E-state index is 5.66. The molecule has 0 aromatic heterocycles. The third-order valence-electron chi connectivity index (χ3n) is 3.25. The lowest BCUT2D eigenvalue weighted by Gasteiger charge is -2.12. The van der Waals surface area contributed by atoms with Gasteiger partial charge in [0.25, 0.3) is 0 Å². The fraction of sp³-hybridized carbons (Fsp3) is 0.250. The van der Waals surface area contributed by atoms with Crippen molar-refractivity contribution in [3.63, 3.8) is 0 Å². The Hall–Kier alpha value is -1.80.